The Bertz CT molecular complexity index is 928. The molecular weight excluding hydrogens is 424 g/mol. The lowest BCUT2D eigenvalue weighted by Crippen LogP contribution is -2.07. The normalized spacial score (nSPS) is 10.2. The molecule has 5 N–H and O–H groups in total. The number of aromatic nitrogens is 4. The number of unbranched alkanes of at least 4 members (excludes halogenated alkanes) is 3. The zero-order valence-electron chi connectivity index (χ0n) is 19.7. The fraction of sp³-hybridized carbons (Fsp3) is 0.522. The van der Waals surface area contributed by atoms with Gasteiger partial charge in [-0.15, -0.1) is 0 Å². The summed E-state index contributed by atoms with van der Waals surface area (Å²) < 4.78 is 7.23. The molecule has 8 nitrogen and oxygen atoms in total. The number of ether oxygens (including phenoxy) is 1. The molecular formula is C23H38N6O2S. The van der Waals surface area contributed by atoms with Crippen molar-refractivity contribution in [1.29, 1.82) is 0 Å². The van der Waals surface area contributed by atoms with E-state index in [2.05, 4.69) is 47.6 Å². The Labute approximate surface area is 196 Å². The molecule has 3 aromatic rings. The van der Waals surface area contributed by atoms with Gasteiger partial charge in [-0.1, -0.05) is 52.2 Å². The van der Waals surface area contributed by atoms with Crippen LogP contribution < -0.4 is 16.2 Å². The van der Waals surface area contributed by atoms with Crippen LogP contribution in [0.3, 0.4) is 0 Å². The van der Waals surface area contributed by atoms with Crippen LogP contribution in [0.1, 0.15) is 57.6 Å². The van der Waals surface area contributed by atoms with E-state index in [1.807, 2.05) is 19.1 Å². The summed E-state index contributed by atoms with van der Waals surface area (Å²) in [4.78, 5) is 8.14. The Balaban J connectivity index is 0.000000433. The maximum Gasteiger partial charge on any atom is 0.222 e. The second-order valence-electron chi connectivity index (χ2n) is 7.10. The predicted molar refractivity (Wildman–Crippen MR) is 136 cm³/mol. The summed E-state index contributed by atoms with van der Waals surface area (Å²) in [5.74, 6) is 2.25. The number of fused-ring (bicyclic) bond motifs is 1. The number of nitrogens with two attached hydrogens (primary N) is 2. The standard InChI is InChI=1S/C15H18N6O.C6H14O.C2H6S/c1-3-9-4-5-10(12(6-9)22-2)8-21-13-11(7-18-21)19-15(17)20-14(13)16;1-2-3-4-5-6-7;1-2-3/h4-7H,3,8H2,1-2H3,(H4,16,17,19,20);7H,2-6H2,1H3;3H,2H2,1H3. The maximum absolute atomic E-state index is 8.29. The molecule has 2 aromatic heterocycles. The van der Waals surface area contributed by atoms with Gasteiger partial charge >= 0.3 is 0 Å². The van der Waals surface area contributed by atoms with E-state index in [9.17, 15) is 0 Å². The molecule has 0 aliphatic carbocycles. The van der Waals surface area contributed by atoms with Crippen molar-refractivity contribution in [3.63, 3.8) is 0 Å². The first kappa shape index (κ1) is 27.5. The predicted octanol–water partition coefficient (Wildman–Crippen LogP) is 4.11. The van der Waals surface area contributed by atoms with E-state index in [0.29, 0.717) is 30.0 Å². The zero-order valence-corrected chi connectivity index (χ0v) is 20.6. The lowest BCUT2D eigenvalue weighted by molar-refractivity contribution is 0.283. The number of aliphatic hydroxyl groups is 1. The lowest BCUT2D eigenvalue weighted by Gasteiger charge is -2.11. The van der Waals surface area contributed by atoms with E-state index in [1.54, 1.807) is 18.0 Å². The van der Waals surface area contributed by atoms with Gasteiger partial charge in [-0.05, 0) is 30.2 Å². The van der Waals surface area contributed by atoms with E-state index in [-0.39, 0.29) is 5.95 Å². The number of methoxy groups -OCH3 is 1. The summed E-state index contributed by atoms with van der Waals surface area (Å²) in [6.07, 6.45) is 7.28. The highest BCUT2D eigenvalue weighted by Crippen LogP contribution is 2.24. The van der Waals surface area contributed by atoms with Crippen LogP contribution in [0.15, 0.2) is 24.4 Å². The number of hydrogen-bond donors (Lipinski definition) is 4. The van der Waals surface area contributed by atoms with Crippen molar-refractivity contribution in [2.75, 3.05) is 30.9 Å². The van der Waals surface area contributed by atoms with Crippen LogP contribution in [-0.2, 0) is 13.0 Å². The van der Waals surface area contributed by atoms with Crippen molar-refractivity contribution in [3.05, 3.63) is 35.5 Å². The number of aliphatic hydroxyl groups excluding tert-OH is 1. The fourth-order valence-corrected chi connectivity index (χ4v) is 3.00. The van der Waals surface area contributed by atoms with Gasteiger partial charge in [-0.3, -0.25) is 4.68 Å². The molecule has 178 valence electrons. The third-order valence-corrected chi connectivity index (χ3v) is 4.62. The van der Waals surface area contributed by atoms with Crippen LogP contribution in [0, 0.1) is 0 Å². The molecule has 2 heterocycles. The lowest BCUT2D eigenvalue weighted by atomic mass is 10.1. The average Bonchev–Trinajstić information content (AvgIpc) is 3.18. The first-order chi connectivity index (χ1) is 15.4. The van der Waals surface area contributed by atoms with Gasteiger partial charge in [0.2, 0.25) is 5.95 Å². The van der Waals surface area contributed by atoms with Gasteiger partial charge in [-0.2, -0.15) is 22.7 Å². The molecule has 0 aliphatic rings. The second-order valence-corrected chi connectivity index (χ2v) is 7.74. The van der Waals surface area contributed by atoms with E-state index in [0.717, 1.165) is 29.9 Å². The third kappa shape index (κ3) is 8.55. The van der Waals surface area contributed by atoms with Gasteiger partial charge in [0, 0.05) is 12.2 Å². The van der Waals surface area contributed by atoms with Crippen LogP contribution in [0.2, 0.25) is 0 Å². The molecule has 0 saturated heterocycles. The number of anilines is 2. The van der Waals surface area contributed by atoms with E-state index >= 15 is 0 Å². The van der Waals surface area contributed by atoms with Crippen molar-refractivity contribution >= 4 is 35.4 Å². The van der Waals surface area contributed by atoms with E-state index in [1.165, 1.54) is 24.8 Å². The first-order valence-electron chi connectivity index (χ1n) is 11.1. The summed E-state index contributed by atoms with van der Waals surface area (Å²) >= 11 is 3.79. The number of benzene rings is 1. The van der Waals surface area contributed by atoms with Gasteiger partial charge in [0.25, 0.3) is 0 Å². The fourth-order valence-electron chi connectivity index (χ4n) is 3.00. The topological polar surface area (TPSA) is 125 Å². The molecule has 32 heavy (non-hydrogen) atoms. The Morgan fingerprint density at radius 3 is 2.41 bits per heavy atom. The smallest absolute Gasteiger partial charge is 0.222 e. The van der Waals surface area contributed by atoms with E-state index in [4.69, 9.17) is 21.3 Å². The average molecular weight is 463 g/mol. The quantitative estimate of drug-likeness (QED) is 0.293. The summed E-state index contributed by atoms with van der Waals surface area (Å²) in [7, 11) is 1.66. The molecule has 3 rings (SSSR count). The Kier molecular flexibility index (Phi) is 13.2. The molecule has 0 saturated carbocycles. The minimum atomic E-state index is 0.148. The Hall–Kier alpha value is -2.52. The molecule has 0 spiro atoms. The molecule has 0 radical (unpaired) electrons. The van der Waals surface area contributed by atoms with Crippen molar-refractivity contribution < 1.29 is 9.84 Å². The molecule has 9 heteroatoms. The number of nitrogens with zero attached hydrogens (tertiary/aromatic N) is 4. The first-order valence-corrected chi connectivity index (χ1v) is 11.7. The van der Waals surface area contributed by atoms with Crippen LogP contribution in [0.25, 0.3) is 11.0 Å². The maximum atomic E-state index is 8.29. The summed E-state index contributed by atoms with van der Waals surface area (Å²) in [6.45, 7) is 7.15. The molecule has 0 aliphatic heterocycles. The minimum Gasteiger partial charge on any atom is -0.496 e. The summed E-state index contributed by atoms with van der Waals surface area (Å²) in [5, 5.41) is 12.6. The molecule has 0 amide bonds. The number of nitrogen functional groups attached to an aromatic ring is 2. The highest BCUT2D eigenvalue weighted by molar-refractivity contribution is 7.80. The van der Waals surface area contributed by atoms with Crippen molar-refractivity contribution in [2.24, 2.45) is 0 Å². The SMILES string of the molecule is CCCCCCO.CCS.CCc1ccc(Cn2ncc3nc(N)nc(N)c32)c(OC)c1. The number of hydrogen-bond acceptors (Lipinski definition) is 8. The van der Waals surface area contributed by atoms with Crippen molar-refractivity contribution in [3.8, 4) is 5.75 Å². The van der Waals surface area contributed by atoms with Gasteiger partial charge in [0.15, 0.2) is 5.82 Å². The van der Waals surface area contributed by atoms with Crippen LogP contribution in [-0.4, -0.2) is 44.3 Å². The van der Waals surface area contributed by atoms with Crippen molar-refractivity contribution in [2.45, 2.75) is 59.4 Å². The zero-order chi connectivity index (χ0) is 23.9. The monoisotopic (exact) mass is 462 g/mol. The highest BCUT2D eigenvalue weighted by Gasteiger charge is 2.12. The number of rotatable bonds is 8. The third-order valence-electron chi connectivity index (χ3n) is 4.62. The van der Waals surface area contributed by atoms with Crippen LogP contribution in [0.4, 0.5) is 11.8 Å². The van der Waals surface area contributed by atoms with Gasteiger partial charge < -0.3 is 21.3 Å². The molecule has 0 bridgehead atoms. The van der Waals surface area contributed by atoms with Gasteiger partial charge in [-0.25, -0.2) is 4.98 Å². The number of aryl methyl sites for hydroxylation is 1. The largest absolute Gasteiger partial charge is 0.496 e. The minimum absolute atomic E-state index is 0.148. The molecule has 1 aromatic carbocycles. The van der Waals surface area contributed by atoms with Crippen LogP contribution in [0.5, 0.6) is 5.75 Å². The second kappa shape index (κ2) is 15.3. The summed E-state index contributed by atoms with van der Waals surface area (Å²) in [6, 6.07) is 6.17. The van der Waals surface area contributed by atoms with Gasteiger partial charge in [0.05, 0.1) is 19.9 Å². The van der Waals surface area contributed by atoms with Crippen molar-refractivity contribution in [1.82, 2.24) is 19.7 Å². The van der Waals surface area contributed by atoms with Gasteiger partial charge in [0.1, 0.15) is 16.8 Å². The summed E-state index contributed by atoms with van der Waals surface area (Å²) in [5.41, 5.74) is 15.1. The van der Waals surface area contributed by atoms with Crippen LogP contribution >= 0.6 is 12.6 Å². The highest BCUT2D eigenvalue weighted by atomic mass is 32.1. The Morgan fingerprint density at radius 2 is 1.81 bits per heavy atom. The molecule has 0 atom stereocenters. The Morgan fingerprint density at radius 1 is 1.09 bits per heavy atom. The molecule has 0 unspecified atom stereocenters. The number of thiol groups is 1. The van der Waals surface area contributed by atoms with E-state index < -0.39 is 0 Å². The molecule has 0 fully saturated rings.